The second-order valence-electron chi connectivity index (χ2n) is 6.13. The van der Waals surface area contributed by atoms with Crippen LogP contribution < -0.4 is 0 Å². The fourth-order valence-electron chi connectivity index (χ4n) is 3.10. The molecule has 0 N–H and O–H groups in total. The number of carbonyl (C=O) groups excluding carboxylic acids is 3. The smallest absolute Gasteiger partial charge is 0.375 e. The van der Waals surface area contributed by atoms with Gasteiger partial charge in [-0.2, -0.15) is 0 Å². The van der Waals surface area contributed by atoms with Crippen LogP contribution in [0.1, 0.15) is 67.8 Å². The van der Waals surface area contributed by atoms with E-state index in [1.54, 1.807) is 19.1 Å². The van der Waals surface area contributed by atoms with Gasteiger partial charge in [0.25, 0.3) is 5.78 Å². The molecule has 0 radical (unpaired) electrons. The van der Waals surface area contributed by atoms with Crippen LogP contribution in [0.2, 0.25) is 0 Å². The molecule has 4 nitrogen and oxygen atoms in total. The normalized spacial score (nSPS) is 16.6. The molecule has 0 aromatic heterocycles. The van der Waals surface area contributed by atoms with Crippen molar-refractivity contribution in [2.24, 2.45) is 5.92 Å². The first kappa shape index (κ1) is 17.4. The first-order valence-corrected chi connectivity index (χ1v) is 8.39. The van der Waals surface area contributed by atoms with Crippen molar-refractivity contribution in [2.75, 3.05) is 6.61 Å². The summed E-state index contributed by atoms with van der Waals surface area (Å²) in [6.45, 7) is 3.21. The van der Waals surface area contributed by atoms with Crippen LogP contribution in [0.5, 0.6) is 0 Å². The second-order valence-corrected chi connectivity index (χ2v) is 6.13. The Hall–Kier alpha value is -1.97. The number of benzene rings is 1. The van der Waals surface area contributed by atoms with Crippen molar-refractivity contribution in [3.8, 4) is 0 Å². The van der Waals surface area contributed by atoms with Crippen molar-refractivity contribution < 1.29 is 19.1 Å². The Morgan fingerprint density at radius 2 is 1.70 bits per heavy atom. The summed E-state index contributed by atoms with van der Waals surface area (Å²) in [4.78, 5) is 35.7. The molecule has 0 heterocycles. The summed E-state index contributed by atoms with van der Waals surface area (Å²) in [6.07, 6.45) is 6.23. The highest BCUT2D eigenvalue weighted by molar-refractivity contribution is 6.39. The van der Waals surface area contributed by atoms with Crippen LogP contribution in [-0.2, 0) is 14.3 Å². The van der Waals surface area contributed by atoms with Crippen molar-refractivity contribution >= 4 is 17.5 Å². The summed E-state index contributed by atoms with van der Waals surface area (Å²) >= 11 is 0. The van der Waals surface area contributed by atoms with Crippen LogP contribution in [-0.4, -0.2) is 24.1 Å². The number of ether oxygens (including phenoxy) is 1. The molecule has 2 rings (SSSR count). The highest BCUT2D eigenvalue weighted by Crippen LogP contribution is 2.32. The highest BCUT2D eigenvalue weighted by Gasteiger charge is 2.29. The average Bonchev–Trinajstić information content (AvgIpc) is 2.61. The summed E-state index contributed by atoms with van der Waals surface area (Å²) in [6, 6.07) is 7.48. The summed E-state index contributed by atoms with van der Waals surface area (Å²) in [5.41, 5.74) is 1.72. The summed E-state index contributed by atoms with van der Waals surface area (Å²) < 4.78 is 4.67. The molecule has 1 saturated carbocycles. The van der Waals surface area contributed by atoms with E-state index >= 15 is 0 Å². The number of Topliss-reactive ketones (excluding diaryl/α,β-unsaturated/α-hetero) is 2. The van der Waals surface area contributed by atoms with Crippen molar-refractivity contribution in [2.45, 2.75) is 51.9 Å². The van der Waals surface area contributed by atoms with Crippen LogP contribution >= 0.6 is 0 Å². The van der Waals surface area contributed by atoms with Crippen LogP contribution in [0.15, 0.2) is 24.3 Å². The average molecular weight is 316 g/mol. The molecular weight excluding hydrogens is 292 g/mol. The molecule has 1 unspecified atom stereocenters. The predicted octanol–water partition coefficient (Wildman–Crippen LogP) is 3.69. The number of hydrogen-bond acceptors (Lipinski definition) is 4. The van der Waals surface area contributed by atoms with Crippen LogP contribution in [0.4, 0.5) is 0 Å². The van der Waals surface area contributed by atoms with Crippen LogP contribution in [0, 0.1) is 5.92 Å². The molecule has 0 aliphatic heterocycles. The van der Waals surface area contributed by atoms with Gasteiger partial charge in [-0.05, 0) is 38.2 Å². The third kappa shape index (κ3) is 4.27. The van der Waals surface area contributed by atoms with Crippen molar-refractivity contribution in [3.05, 3.63) is 35.4 Å². The Kier molecular flexibility index (Phi) is 6.08. The third-order valence-electron chi connectivity index (χ3n) is 4.53. The number of ketones is 2. The van der Waals surface area contributed by atoms with E-state index in [9.17, 15) is 14.4 Å². The van der Waals surface area contributed by atoms with Gasteiger partial charge in [0.1, 0.15) is 0 Å². The minimum Gasteiger partial charge on any atom is -0.460 e. The first-order valence-electron chi connectivity index (χ1n) is 8.39. The van der Waals surface area contributed by atoms with E-state index in [1.807, 2.05) is 12.1 Å². The third-order valence-corrected chi connectivity index (χ3v) is 4.53. The van der Waals surface area contributed by atoms with Crippen molar-refractivity contribution in [1.29, 1.82) is 0 Å². The highest BCUT2D eigenvalue weighted by atomic mass is 16.5. The fourth-order valence-corrected chi connectivity index (χ4v) is 3.10. The zero-order chi connectivity index (χ0) is 16.8. The van der Waals surface area contributed by atoms with Crippen molar-refractivity contribution in [1.82, 2.24) is 0 Å². The van der Waals surface area contributed by atoms with E-state index in [4.69, 9.17) is 0 Å². The number of esters is 1. The molecule has 4 heteroatoms. The number of rotatable bonds is 6. The van der Waals surface area contributed by atoms with E-state index in [0.717, 1.165) is 0 Å². The molecule has 1 aliphatic carbocycles. The quantitative estimate of drug-likeness (QED) is 0.347. The Balaban J connectivity index is 2.04. The zero-order valence-corrected chi connectivity index (χ0v) is 13.8. The predicted molar refractivity (Wildman–Crippen MR) is 87.4 cm³/mol. The van der Waals surface area contributed by atoms with Gasteiger partial charge in [-0.15, -0.1) is 0 Å². The Bertz CT molecular complexity index is 568. The van der Waals surface area contributed by atoms with Crippen LogP contribution in [0.3, 0.4) is 0 Å². The second kappa shape index (κ2) is 8.04. The molecular formula is C19H24O4. The lowest BCUT2D eigenvalue weighted by atomic mass is 9.83. The topological polar surface area (TPSA) is 60.4 Å². The lowest BCUT2D eigenvalue weighted by Gasteiger charge is -2.22. The van der Waals surface area contributed by atoms with Gasteiger partial charge in [-0.1, -0.05) is 43.5 Å². The SMILES string of the molecule is CCOC(=O)C(=O)C(C)C(=O)c1ccc(C2CCCCC2)cc1. The fraction of sp³-hybridized carbons (Fsp3) is 0.526. The molecule has 23 heavy (non-hydrogen) atoms. The standard InChI is InChI=1S/C19H24O4/c1-3-23-19(22)18(21)13(2)17(20)16-11-9-15(10-12-16)14-7-5-4-6-8-14/h9-14H,3-8H2,1-2H3. The molecule has 1 aromatic rings. The van der Waals surface area contributed by atoms with Gasteiger partial charge in [0.2, 0.25) is 0 Å². The molecule has 124 valence electrons. The molecule has 1 fully saturated rings. The minimum absolute atomic E-state index is 0.127. The van der Waals surface area contributed by atoms with Gasteiger partial charge >= 0.3 is 5.97 Å². The molecule has 0 spiro atoms. The largest absolute Gasteiger partial charge is 0.460 e. The molecule has 1 aliphatic rings. The number of carbonyl (C=O) groups is 3. The van der Waals surface area contributed by atoms with Crippen molar-refractivity contribution in [3.63, 3.8) is 0 Å². The number of hydrogen-bond donors (Lipinski definition) is 0. The lowest BCUT2D eigenvalue weighted by Crippen LogP contribution is -2.29. The van der Waals surface area contributed by atoms with Gasteiger partial charge < -0.3 is 4.74 Å². The molecule has 1 atom stereocenters. The monoisotopic (exact) mass is 316 g/mol. The first-order chi connectivity index (χ1) is 11.0. The van der Waals surface area contributed by atoms with Gasteiger partial charge in [0.05, 0.1) is 12.5 Å². The van der Waals surface area contributed by atoms with E-state index in [1.165, 1.54) is 44.6 Å². The lowest BCUT2D eigenvalue weighted by molar-refractivity contribution is -0.154. The molecule has 1 aromatic carbocycles. The van der Waals surface area contributed by atoms with Crippen LogP contribution in [0.25, 0.3) is 0 Å². The van der Waals surface area contributed by atoms with Gasteiger partial charge in [-0.3, -0.25) is 9.59 Å². The molecule has 0 amide bonds. The maximum Gasteiger partial charge on any atom is 0.375 e. The Morgan fingerprint density at radius 3 is 2.26 bits per heavy atom. The van der Waals surface area contributed by atoms with Gasteiger partial charge in [0.15, 0.2) is 5.78 Å². The van der Waals surface area contributed by atoms with E-state index in [0.29, 0.717) is 11.5 Å². The molecule has 0 saturated heterocycles. The van der Waals surface area contributed by atoms with Gasteiger partial charge in [-0.25, -0.2) is 4.79 Å². The Morgan fingerprint density at radius 1 is 1.09 bits per heavy atom. The summed E-state index contributed by atoms with van der Waals surface area (Å²) in [5, 5.41) is 0. The molecule has 0 bridgehead atoms. The maximum absolute atomic E-state index is 12.4. The van der Waals surface area contributed by atoms with E-state index in [-0.39, 0.29) is 12.4 Å². The summed E-state index contributed by atoms with van der Waals surface area (Å²) in [5.74, 6) is -2.49. The minimum atomic E-state index is -1.01. The van der Waals surface area contributed by atoms with Gasteiger partial charge in [0, 0.05) is 5.56 Å². The van der Waals surface area contributed by atoms with E-state index in [2.05, 4.69) is 4.74 Å². The zero-order valence-electron chi connectivity index (χ0n) is 13.8. The summed E-state index contributed by atoms with van der Waals surface area (Å²) in [7, 11) is 0. The Labute approximate surface area is 137 Å². The van der Waals surface area contributed by atoms with E-state index < -0.39 is 17.7 Å². The maximum atomic E-state index is 12.4.